The molecule has 2 N–H and O–H groups in total. The van der Waals surface area contributed by atoms with Gasteiger partial charge in [0.2, 0.25) is 5.88 Å². The van der Waals surface area contributed by atoms with Gasteiger partial charge in [0.1, 0.15) is 13.2 Å². The molecule has 1 aromatic carbocycles. The monoisotopic (exact) mass is 418 g/mol. The van der Waals surface area contributed by atoms with E-state index < -0.39 is 11.9 Å². The Labute approximate surface area is 167 Å². The Kier molecular flexibility index (Phi) is 4.73. The third kappa shape index (κ3) is 3.43. The number of benzene rings is 1. The first-order chi connectivity index (χ1) is 13.4. The summed E-state index contributed by atoms with van der Waals surface area (Å²) >= 11 is 6.28. The molecular formula is C18H14N2O6S2. The number of carboxylic acids is 1. The van der Waals surface area contributed by atoms with Crippen LogP contribution in [0.15, 0.2) is 22.7 Å². The van der Waals surface area contributed by atoms with Gasteiger partial charge < -0.3 is 19.7 Å². The minimum absolute atomic E-state index is 0.0496. The number of carbonyl (C=O) groups is 2. The van der Waals surface area contributed by atoms with E-state index in [-0.39, 0.29) is 24.4 Å². The lowest BCUT2D eigenvalue weighted by molar-refractivity contribution is -0.137. The largest absolute Gasteiger partial charge is 0.493 e. The van der Waals surface area contributed by atoms with Crippen molar-refractivity contribution in [2.24, 2.45) is 4.99 Å². The van der Waals surface area contributed by atoms with Gasteiger partial charge in [0.05, 0.1) is 16.7 Å². The summed E-state index contributed by atoms with van der Waals surface area (Å²) in [6.45, 7) is 0.942. The first-order valence-electron chi connectivity index (χ1n) is 8.33. The van der Waals surface area contributed by atoms with Crippen molar-refractivity contribution < 1.29 is 29.3 Å². The van der Waals surface area contributed by atoms with Crippen LogP contribution in [0.2, 0.25) is 0 Å². The van der Waals surface area contributed by atoms with Gasteiger partial charge in [0, 0.05) is 23.4 Å². The molecule has 3 heterocycles. The zero-order valence-corrected chi connectivity index (χ0v) is 16.0. The Morgan fingerprint density at radius 3 is 2.75 bits per heavy atom. The number of aromatic nitrogens is 1. The van der Waals surface area contributed by atoms with Crippen LogP contribution in [0, 0.1) is 3.95 Å². The molecule has 2 aliphatic rings. The van der Waals surface area contributed by atoms with Crippen molar-refractivity contribution in [3.63, 3.8) is 0 Å². The lowest BCUT2D eigenvalue weighted by Gasteiger charge is -2.18. The van der Waals surface area contributed by atoms with E-state index in [0.717, 1.165) is 11.3 Å². The molecule has 8 nitrogen and oxygen atoms in total. The van der Waals surface area contributed by atoms with Crippen molar-refractivity contribution in [3.8, 4) is 17.4 Å². The molecule has 1 aromatic heterocycles. The van der Waals surface area contributed by atoms with Crippen LogP contribution in [0.3, 0.4) is 0 Å². The first kappa shape index (κ1) is 18.4. The second-order valence-corrected chi connectivity index (χ2v) is 7.74. The number of rotatable bonds is 4. The summed E-state index contributed by atoms with van der Waals surface area (Å²) in [5, 5.41) is 20.4. The molecule has 0 aliphatic carbocycles. The number of hydrogen-bond donors (Lipinski definition) is 2. The van der Waals surface area contributed by atoms with Crippen molar-refractivity contribution >= 4 is 47.6 Å². The van der Waals surface area contributed by atoms with E-state index in [0.29, 0.717) is 44.1 Å². The van der Waals surface area contributed by atoms with Gasteiger partial charge in [-0.25, -0.2) is 4.99 Å². The van der Waals surface area contributed by atoms with Crippen molar-refractivity contribution in [1.29, 1.82) is 0 Å². The molecule has 0 bridgehead atoms. The number of nitrogens with zero attached hydrogens (tertiary/aromatic N) is 2. The average molecular weight is 418 g/mol. The van der Waals surface area contributed by atoms with E-state index >= 15 is 0 Å². The number of carbonyl (C=O) groups excluding carboxylic acids is 1. The Balaban J connectivity index is 1.74. The molecule has 0 fully saturated rings. The first-order valence-corrected chi connectivity index (χ1v) is 9.55. The second kappa shape index (κ2) is 7.21. The summed E-state index contributed by atoms with van der Waals surface area (Å²) in [6.07, 6.45) is 2.99. The van der Waals surface area contributed by atoms with Gasteiger partial charge in [-0.15, -0.1) is 11.3 Å². The molecule has 4 rings (SSSR count). The third-order valence-corrected chi connectivity index (χ3v) is 5.59. The SMILES string of the molecule is O=C(O)CCn1c(O)c(/C=C2\C=c3cc4c(cc3=NC2=O)OCCO4)sc1=S. The standard InChI is InChI=1S/C18H14N2O6S2/c21-15(22)1-2-20-17(24)14(28-18(20)27)7-10-5-9-6-12-13(26-4-3-25-12)8-11(9)19-16(10)23/h5-8,24H,1-4H2,(H,21,22)/b10-7+. The van der Waals surface area contributed by atoms with Gasteiger partial charge in [0.15, 0.2) is 15.5 Å². The maximum absolute atomic E-state index is 12.4. The Bertz CT molecular complexity index is 1210. The topological polar surface area (TPSA) is 110 Å². The lowest BCUT2D eigenvalue weighted by Crippen LogP contribution is -2.32. The molecule has 2 aromatic rings. The molecule has 2 aliphatic heterocycles. The Hall–Kier alpha value is -2.98. The number of thiazole rings is 1. The van der Waals surface area contributed by atoms with Crippen LogP contribution in [0.4, 0.5) is 0 Å². The van der Waals surface area contributed by atoms with Crippen LogP contribution in [0.5, 0.6) is 17.4 Å². The zero-order chi connectivity index (χ0) is 19.8. The number of aliphatic carboxylic acids is 1. The number of aromatic hydroxyl groups is 1. The summed E-state index contributed by atoms with van der Waals surface area (Å²) in [5.41, 5.74) is 0.279. The fraction of sp³-hybridized carbons (Fsp3) is 0.222. The van der Waals surface area contributed by atoms with Gasteiger partial charge in [-0.2, -0.15) is 0 Å². The van der Waals surface area contributed by atoms with E-state index in [1.807, 2.05) is 0 Å². The summed E-state index contributed by atoms with van der Waals surface area (Å²) in [4.78, 5) is 27.6. The van der Waals surface area contributed by atoms with Crippen LogP contribution in [0.25, 0.3) is 12.2 Å². The predicted octanol–water partition coefficient (Wildman–Crippen LogP) is 1.25. The van der Waals surface area contributed by atoms with Gasteiger partial charge >= 0.3 is 5.97 Å². The van der Waals surface area contributed by atoms with E-state index in [4.69, 9.17) is 26.8 Å². The van der Waals surface area contributed by atoms with Crippen LogP contribution in [-0.2, 0) is 16.1 Å². The molecule has 0 saturated heterocycles. The smallest absolute Gasteiger partial charge is 0.305 e. The van der Waals surface area contributed by atoms with E-state index in [9.17, 15) is 14.7 Å². The van der Waals surface area contributed by atoms with Crippen molar-refractivity contribution in [3.05, 3.63) is 37.1 Å². The normalized spacial score (nSPS) is 16.3. The molecular weight excluding hydrogens is 404 g/mol. The molecule has 1 amide bonds. The average Bonchev–Trinajstić information content (AvgIpc) is 2.92. The van der Waals surface area contributed by atoms with E-state index in [1.165, 1.54) is 10.6 Å². The Morgan fingerprint density at radius 1 is 1.32 bits per heavy atom. The third-order valence-electron chi connectivity index (χ3n) is 4.20. The summed E-state index contributed by atoms with van der Waals surface area (Å²) in [6, 6.07) is 3.42. The van der Waals surface area contributed by atoms with Gasteiger partial charge in [-0.05, 0) is 30.4 Å². The van der Waals surface area contributed by atoms with Crippen LogP contribution in [0.1, 0.15) is 11.3 Å². The van der Waals surface area contributed by atoms with E-state index in [2.05, 4.69) is 4.99 Å². The lowest BCUT2D eigenvalue weighted by atomic mass is 10.1. The molecule has 0 unspecified atom stereocenters. The number of ether oxygens (including phenoxy) is 2. The molecule has 144 valence electrons. The molecule has 0 atom stereocenters. The zero-order valence-electron chi connectivity index (χ0n) is 14.4. The fourth-order valence-electron chi connectivity index (χ4n) is 2.87. The summed E-state index contributed by atoms with van der Waals surface area (Å²) in [5.74, 6) is -0.483. The highest BCUT2D eigenvalue weighted by Gasteiger charge is 2.18. The molecule has 0 radical (unpaired) electrons. The minimum Gasteiger partial charge on any atom is -0.493 e. The molecule has 10 heteroatoms. The van der Waals surface area contributed by atoms with Gasteiger partial charge in [0.25, 0.3) is 5.91 Å². The number of carboxylic acid groups (broad SMARTS) is 1. The number of hydrogen-bond acceptors (Lipinski definition) is 7. The number of amides is 1. The molecule has 28 heavy (non-hydrogen) atoms. The highest BCUT2D eigenvalue weighted by Crippen LogP contribution is 2.30. The van der Waals surface area contributed by atoms with Crippen LogP contribution in [-0.4, -0.2) is 39.9 Å². The Morgan fingerprint density at radius 2 is 2.04 bits per heavy atom. The predicted molar refractivity (Wildman–Crippen MR) is 103 cm³/mol. The molecule has 0 saturated carbocycles. The highest BCUT2D eigenvalue weighted by molar-refractivity contribution is 7.73. The van der Waals surface area contributed by atoms with Crippen molar-refractivity contribution in [1.82, 2.24) is 4.57 Å². The van der Waals surface area contributed by atoms with Crippen LogP contribution >= 0.6 is 23.6 Å². The van der Waals surface area contributed by atoms with E-state index in [1.54, 1.807) is 18.2 Å². The van der Waals surface area contributed by atoms with Gasteiger partial charge in [-0.1, -0.05) is 0 Å². The quantitative estimate of drug-likeness (QED) is 0.568. The molecule has 0 spiro atoms. The fourth-order valence-corrected chi connectivity index (χ4v) is 4.18. The maximum Gasteiger partial charge on any atom is 0.305 e. The van der Waals surface area contributed by atoms with Crippen molar-refractivity contribution in [2.75, 3.05) is 13.2 Å². The minimum atomic E-state index is -0.992. The number of fused-ring (bicyclic) bond motifs is 2. The second-order valence-electron chi connectivity index (χ2n) is 6.07. The van der Waals surface area contributed by atoms with Crippen LogP contribution < -0.4 is 20.0 Å². The summed E-state index contributed by atoms with van der Waals surface area (Å²) in [7, 11) is 0. The maximum atomic E-state index is 12.4. The van der Waals surface area contributed by atoms with Gasteiger partial charge in [-0.3, -0.25) is 14.2 Å². The van der Waals surface area contributed by atoms with Crippen molar-refractivity contribution in [2.45, 2.75) is 13.0 Å². The highest BCUT2D eigenvalue weighted by atomic mass is 32.1. The summed E-state index contributed by atoms with van der Waals surface area (Å²) < 4.78 is 12.7.